The Bertz CT molecular complexity index is 540. The van der Waals surface area contributed by atoms with Crippen LogP contribution in [0.25, 0.3) is 11.1 Å². The van der Waals surface area contributed by atoms with Crippen LogP contribution in [0.15, 0.2) is 42.5 Å². The molecule has 0 aliphatic rings. The fourth-order valence-corrected chi connectivity index (χ4v) is 2.09. The van der Waals surface area contributed by atoms with E-state index < -0.39 is 0 Å². The quantitative estimate of drug-likeness (QED) is 0.907. The third-order valence-corrected chi connectivity index (χ3v) is 2.98. The van der Waals surface area contributed by atoms with Gasteiger partial charge in [0.2, 0.25) is 0 Å². The molecule has 0 saturated carbocycles. The second-order valence-corrected chi connectivity index (χ2v) is 4.40. The Kier molecular flexibility index (Phi) is 4.24. The van der Waals surface area contributed by atoms with E-state index in [-0.39, 0.29) is 0 Å². The molecule has 0 heterocycles. The zero-order chi connectivity index (χ0) is 13.0. The standard InChI is InChI=1S/C15H16ClNO/c1-2-18-14-5-3-4-11(8-14)15-9-13(16)7-6-12(15)10-17/h3-9H,2,10,17H2,1H3. The average molecular weight is 262 g/mol. The molecular weight excluding hydrogens is 246 g/mol. The van der Waals surface area contributed by atoms with Crippen molar-refractivity contribution < 1.29 is 4.74 Å². The van der Waals surface area contributed by atoms with E-state index in [2.05, 4.69) is 0 Å². The van der Waals surface area contributed by atoms with E-state index in [1.54, 1.807) is 0 Å². The van der Waals surface area contributed by atoms with Gasteiger partial charge < -0.3 is 10.5 Å². The molecule has 18 heavy (non-hydrogen) atoms. The highest BCUT2D eigenvalue weighted by atomic mass is 35.5. The Labute approximate surface area is 112 Å². The third kappa shape index (κ3) is 2.84. The van der Waals surface area contributed by atoms with Crippen molar-refractivity contribution in [1.82, 2.24) is 0 Å². The molecule has 94 valence electrons. The minimum atomic E-state index is 0.491. The lowest BCUT2D eigenvalue weighted by Crippen LogP contribution is -1.99. The minimum absolute atomic E-state index is 0.491. The fourth-order valence-electron chi connectivity index (χ4n) is 1.92. The van der Waals surface area contributed by atoms with Gasteiger partial charge in [0.1, 0.15) is 5.75 Å². The Morgan fingerprint density at radius 3 is 2.72 bits per heavy atom. The number of rotatable bonds is 4. The molecule has 0 bridgehead atoms. The summed E-state index contributed by atoms with van der Waals surface area (Å²) in [5.41, 5.74) is 8.97. The van der Waals surface area contributed by atoms with Gasteiger partial charge in [0, 0.05) is 11.6 Å². The predicted octanol–water partition coefficient (Wildman–Crippen LogP) is 3.86. The highest BCUT2D eigenvalue weighted by molar-refractivity contribution is 6.30. The van der Waals surface area contributed by atoms with Gasteiger partial charge in [-0.05, 0) is 47.9 Å². The SMILES string of the molecule is CCOc1cccc(-c2cc(Cl)ccc2CN)c1. The van der Waals surface area contributed by atoms with Crippen LogP contribution in [-0.2, 0) is 6.54 Å². The summed E-state index contributed by atoms with van der Waals surface area (Å²) in [7, 11) is 0. The Hall–Kier alpha value is -1.51. The van der Waals surface area contributed by atoms with Crippen LogP contribution in [0.4, 0.5) is 0 Å². The van der Waals surface area contributed by atoms with Crippen LogP contribution in [0, 0.1) is 0 Å². The zero-order valence-corrected chi connectivity index (χ0v) is 11.1. The molecule has 3 heteroatoms. The van der Waals surface area contributed by atoms with E-state index in [1.807, 2.05) is 49.4 Å². The summed E-state index contributed by atoms with van der Waals surface area (Å²) in [5, 5.41) is 0.712. The van der Waals surface area contributed by atoms with Gasteiger partial charge in [0.25, 0.3) is 0 Å². The molecular formula is C15H16ClNO. The van der Waals surface area contributed by atoms with E-state index in [0.29, 0.717) is 18.2 Å². The van der Waals surface area contributed by atoms with Gasteiger partial charge in [-0.2, -0.15) is 0 Å². The molecule has 0 amide bonds. The first-order valence-electron chi connectivity index (χ1n) is 5.96. The summed E-state index contributed by atoms with van der Waals surface area (Å²) in [6, 6.07) is 13.7. The minimum Gasteiger partial charge on any atom is -0.494 e. The van der Waals surface area contributed by atoms with Crippen molar-refractivity contribution in [3.05, 3.63) is 53.1 Å². The van der Waals surface area contributed by atoms with E-state index in [1.165, 1.54) is 0 Å². The van der Waals surface area contributed by atoms with Crippen LogP contribution >= 0.6 is 11.6 Å². The molecule has 2 rings (SSSR count). The van der Waals surface area contributed by atoms with Gasteiger partial charge >= 0.3 is 0 Å². The highest BCUT2D eigenvalue weighted by Gasteiger charge is 2.06. The lowest BCUT2D eigenvalue weighted by Gasteiger charge is -2.10. The van der Waals surface area contributed by atoms with Gasteiger partial charge in [-0.1, -0.05) is 29.8 Å². The number of hydrogen-bond donors (Lipinski definition) is 1. The van der Waals surface area contributed by atoms with Gasteiger partial charge in [0.15, 0.2) is 0 Å². The van der Waals surface area contributed by atoms with Gasteiger partial charge in [0.05, 0.1) is 6.61 Å². The molecule has 2 aromatic carbocycles. The second kappa shape index (κ2) is 5.89. The summed E-state index contributed by atoms with van der Waals surface area (Å²) < 4.78 is 5.51. The lowest BCUT2D eigenvalue weighted by molar-refractivity contribution is 0.340. The molecule has 2 nitrogen and oxygen atoms in total. The first-order valence-corrected chi connectivity index (χ1v) is 6.34. The Balaban J connectivity index is 2.47. The summed E-state index contributed by atoms with van der Waals surface area (Å²) in [4.78, 5) is 0. The second-order valence-electron chi connectivity index (χ2n) is 3.97. The Morgan fingerprint density at radius 1 is 1.17 bits per heavy atom. The molecule has 0 unspecified atom stereocenters. The van der Waals surface area contributed by atoms with Crippen LogP contribution in [0.1, 0.15) is 12.5 Å². The summed E-state index contributed by atoms with van der Waals surface area (Å²) in [6.07, 6.45) is 0. The number of nitrogens with two attached hydrogens (primary N) is 1. The first-order chi connectivity index (χ1) is 8.74. The fraction of sp³-hybridized carbons (Fsp3) is 0.200. The monoisotopic (exact) mass is 261 g/mol. The van der Waals surface area contributed by atoms with Crippen molar-refractivity contribution in [2.24, 2.45) is 5.73 Å². The molecule has 0 fully saturated rings. The van der Waals surface area contributed by atoms with E-state index in [4.69, 9.17) is 22.1 Å². The maximum Gasteiger partial charge on any atom is 0.119 e. The predicted molar refractivity (Wildman–Crippen MR) is 75.9 cm³/mol. The van der Waals surface area contributed by atoms with E-state index in [9.17, 15) is 0 Å². The molecule has 0 aliphatic carbocycles. The largest absolute Gasteiger partial charge is 0.494 e. The van der Waals surface area contributed by atoms with Crippen molar-refractivity contribution in [1.29, 1.82) is 0 Å². The number of ether oxygens (including phenoxy) is 1. The molecule has 0 aliphatic heterocycles. The summed E-state index contributed by atoms with van der Waals surface area (Å²) >= 11 is 6.05. The first kappa shape index (κ1) is 12.9. The van der Waals surface area contributed by atoms with Crippen LogP contribution in [0.5, 0.6) is 5.75 Å². The normalized spacial score (nSPS) is 10.4. The summed E-state index contributed by atoms with van der Waals surface area (Å²) in [6.45, 7) is 3.12. The molecule has 0 aromatic heterocycles. The van der Waals surface area contributed by atoms with Crippen molar-refractivity contribution in [3.63, 3.8) is 0 Å². The lowest BCUT2D eigenvalue weighted by atomic mass is 9.99. The van der Waals surface area contributed by atoms with Crippen LogP contribution in [-0.4, -0.2) is 6.61 Å². The zero-order valence-electron chi connectivity index (χ0n) is 10.3. The molecule has 2 aromatic rings. The topological polar surface area (TPSA) is 35.2 Å². The van der Waals surface area contributed by atoms with Crippen molar-refractivity contribution in [2.75, 3.05) is 6.61 Å². The van der Waals surface area contributed by atoms with Gasteiger partial charge in [-0.15, -0.1) is 0 Å². The maximum atomic E-state index is 6.05. The van der Waals surface area contributed by atoms with Crippen molar-refractivity contribution >= 4 is 11.6 Å². The highest BCUT2D eigenvalue weighted by Crippen LogP contribution is 2.29. The molecule has 0 spiro atoms. The van der Waals surface area contributed by atoms with Crippen LogP contribution in [0.3, 0.4) is 0 Å². The van der Waals surface area contributed by atoms with E-state index >= 15 is 0 Å². The van der Waals surface area contributed by atoms with Gasteiger partial charge in [-0.3, -0.25) is 0 Å². The van der Waals surface area contributed by atoms with E-state index in [0.717, 1.165) is 22.4 Å². The Morgan fingerprint density at radius 2 is 2.00 bits per heavy atom. The average Bonchev–Trinajstić information content (AvgIpc) is 2.39. The number of halogens is 1. The molecule has 0 radical (unpaired) electrons. The summed E-state index contributed by atoms with van der Waals surface area (Å²) in [5.74, 6) is 0.859. The van der Waals surface area contributed by atoms with Crippen LogP contribution in [0.2, 0.25) is 5.02 Å². The van der Waals surface area contributed by atoms with Gasteiger partial charge in [-0.25, -0.2) is 0 Å². The molecule has 0 atom stereocenters. The smallest absolute Gasteiger partial charge is 0.119 e. The van der Waals surface area contributed by atoms with Crippen molar-refractivity contribution in [3.8, 4) is 16.9 Å². The third-order valence-electron chi connectivity index (χ3n) is 2.75. The molecule has 2 N–H and O–H groups in total. The van der Waals surface area contributed by atoms with Crippen LogP contribution < -0.4 is 10.5 Å². The number of hydrogen-bond acceptors (Lipinski definition) is 2. The van der Waals surface area contributed by atoms with Crippen molar-refractivity contribution in [2.45, 2.75) is 13.5 Å². The number of benzene rings is 2. The molecule has 0 saturated heterocycles. The maximum absolute atomic E-state index is 6.05.